The van der Waals surface area contributed by atoms with E-state index in [9.17, 15) is 9.59 Å². The lowest BCUT2D eigenvalue weighted by Crippen LogP contribution is -2.69. The van der Waals surface area contributed by atoms with Gasteiger partial charge in [0.15, 0.2) is 0 Å². The molecule has 2 aliphatic rings. The van der Waals surface area contributed by atoms with Crippen molar-refractivity contribution < 1.29 is 14.3 Å². The molecule has 0 saturated carbocycles. The van der Waals surface area contributed by atoms with Crippen molar-refractivity contribution in [2.24, 2.45) is 0 Å². The van der Waals surface area contributed by atoms with Crippen molar-refractivity contribution in [3.05, 3.63) is 0 Å². The second kappa shape index (κ2) is 5.02. The first kappa shape index (κ1) is 15.3. The fraction of sp³-hybridized carbons (Fsp3) is 0.867. The molecule has 0 aliphatic carbocycles. The molecule has 0 aromatic rings. The maximum absolute atomic E-state index is 12.5. The van der Waals surface area contributed by atoms with Gasteiger partial charge in [-0.05, 0) is 47.0 Å². The summed E-state index contributed by atoms with van der Waals surface area (Å²) in [7, 11) is 0. The highest BCUT2D eigenvalue weighted by atomic mass is 16.5. The zero-order valence-corrected chi connectivity index (χ0v) is 13.2. The minimum atomic E-state index is -0.807. The predicted octanol–water partition coefficient (Wildman–Crippen LogP) is 1.46. The average molecular weight is 282 g/mol. The lowest BCUT2D eigenvalue weighted by Gasteiger charge is -2.45. The largest absolute Gasteiger partial charge is 0.371 e. The summed E-state index contributed by atoms with van der Waals surface area (Å²) >= 11 is 0. The van der Waals surface area contributed by atoms with E-state index < -0.39 is 11.6 Å². The molecule has 2 aliphatic heterocycles. The summed E-state index contributed by atoms with van der Waals surface area (Å²) in [4.78, 5) is 26.4. The van der Waals surface area contributed by atoms with Gasteiger partial charge in [-0.3, -0.25) is 9.59 Å². The molecular weight excluding hydrogens is 256 g/mol. The SMILES string of the molecule is CCC1NC(=O)C(C)(C)N(CC2CCC(C)(C)O2)C1=O. The third-order valence-electron chi connectivity index (χ3n) is 4.45. The molecule has 20 heavy (non-hydrogen) atoms. The molecular formula is C15H26N2O3. The van der Waals surface area contributed by atoms with E-state index in [-0.39, 0.29) is 23.5 Å². The standard InChI is InChI=1S/C15H26N2O3/c1-6-11-12(18)17(15(4,5)13(19)16-11)9-10-7-8-14(2,3)20-10/h10-11H,6-9H2,1-5H3,(H,16,19). The van der Waals surface area contributed by atoms with Gasteiger partial charge in [-0.2, -0.15) is 0 Å². The lowest BCUT2D eigenvalue weighted by molar-refractivity contribution is -0.158. The van der Waals surface area contributed by atoms with Crippen LogP contribution < -0.4 is 5.32 Å². The number of carbonyl (C=O) groups excluding carboxylic acids is 2. The highest BCUT2D eigenvalue weighted by molar-refractivity contribution is 5.99. The second-order valence-electron chi connectivity index (χ2n) is 6.98. The van der Waals surface area contributed by atoms with Crippen LogP contribution in [0.15, 0.2) is 0 Å². The summed E-state index contributed by atoms with van der Waals surface area (Å²) in [5.74, 6) is -0.0772. The Bertz CT molecular complexity index is 417. The van der Waals surface area contributed by atoms with Gasteiger partial charge >= 0.3 is 0 Å². The molecule has 2 fully saturated rings. The smallest absolute Gasteiger partial charge is 0.246 e. The van der Waals surface area contributed by atoms with Crippen LogP contribution in [0.3, 0.4) is 0 Å². The van der Waals surface area contributed by atoms with E-state index in [1.165, 1.54) is 0 Å². The van der Waals surface area contributed by atoms with Gasteiger partial charge in [0.05, 0.1) is 11.7 Å². The van der Waals surface area contributed by atoms with Crippen molar-refractivity contribution in [1.29, 1.82) is 0 Å². The Kier molecular flexibility index (Phi) is 3.84. The van der Waals surface area contributed by atoms with Gasteiger partial charge in [-0.1, -0.05) is 6.92 Å². The van der Waals surface area contributed by atoms with Gasteiger partial charge in [0.2, 0.25) is 11.8 Å². The van der Waals surface area contributed by atoms with Gasteiger partial charge in [0, 0.05) is 6.54 Å². The molecule has 2 unspecified atom stereocenters. The van der Waals surface area contributed by atoms with Crippen LogP contribution >= 0.6 is 0 Å². The molecule has 2 rings (SSSR count). The topological polar surface area (TPSA) is 58.6 Å². The number of nitrogens with zero attached hydrogens (tertiary/aromatic N) is 1. The average Bonchev–Trinajstić information content (AvgIpc) is 2.69. The van der Waals surface area contributed by atoms with Gasteiger partial charge < -0.3 is 15.0 Å². The Labute approximate surface area is 121 Å². The van der Waals surface area contributed by atoms with Crippen LogP contribution in [0.4, 0.5) is 0 Å². The van der Waals surface area contributed by atoms with Gasteiger partial charge in [0.25, 0.3) is 0 Å². The van der Waals surface area contributed by atoms with Crippen LogP contribution in [0.2, 0.25) is 0 Å². The number of ether oxygens (including phenoxy) is 1. The number of piperazine rings is 1. The molecule has 5 heteroatoms. The molecule has 2 saturated heterocycles. The van der Waals surface area contributed by atoms with E-state index in [0.717, 1.165) is 12.8 Å². The number of hydrogen-bond acceptors (Lipinski definition) is 3. The second-order valence-corrected chi connectivity index (χ2v) is 6.98. The lowest BCUT2D eigenvalue weighted by atomic mass is 9.94. The van der Waals surface area contributed by atoms with E-state index in [4.69, 9.17) is 4.74 Å². The van der Waals surface area contributed by atoms with Gasteiger partial charge in [-0.15, -0.1) is 0 Å². The fourth-order valence-electron chi connectivity index (χ4n) is 2.99. The number of amides is 2. The van der Waals surface area contributed by atoms with E-state index in [1.54, 1.807) is 18.7 Å². The Morgan fingerprint density at radius 1 is 1.30 bits per heavy atom. The molecule has 0 radical (unpaired) electrons. The van der Waals surface area contributed by atoms with Crippen molar-refractivity contribution in [3.63, 3.8) is 0 Å². The molecule has 0 bridgehead atoms. The minimum absolute atomic E-state index is 0.00501. The van der Waals surface area contributed by atoms with Crippen molar-refractivity contribution in [1.82, 2.24) is 10.2 Å². The number of nitrogens with one attached hydrogen (secondary N) is 1. The van der Waals surface area contributed by atoms with Crippen molar-refractivity contribution in [2.45, 2.75) is 77.2 Å². The molecule has 2 amide bonds. The van der Waals surface area contributed by atoms with Crippen LogP contribution in [-0.2, 0) is 14.3 Å². The van der Waals surface area contributed by atoms with Crippen LogP contribution in [0.25, 0.3) is 0 Å². The predicted molar refractivity (Wildman–Crippen MR) is 76.2 cm³/mol. The van der Waals surface area contributed by atoms with Crippen molar-refractivity contribution >= 4 is 11.8 Å². The maximum atomic E-state index is 12.5. The van der Waals surface area contributed by atoms with E-state index in [0.29, 0.717) is 13.0 Å². The first-order chi connectivity index (χ1) is 9.17. The van der Waals surface area contributed by atoms with Crippen molar-refractivity contribution in [3.8, 4) is 0 Å². The molecule has 0 spiro atoms. The Morgan fingerprint density at radius 2 is 1.95 bits per heavy atom. The molecule has 0 aromatic heterocycles. The minimum Gasteiger partial charge on any atom is -0.371 e. The summed E-state index contributed by atoms with van der Waals surface area (Å²) in [5, 5.41) is 2.81. The number of carbonyl (C=O) groups is 2. The molecule has 2 atom stereocenters. The monoisotopic (exact) mass is 282 g/mol. The number of rotatable bonds is 3. The van der Waals surface area contributed by atoms with Crippen LogP contribution in [0.1, 0.15) is 53.9 Å². The first-order valence-electron chi connectivity index (χ1n) is 7.47. The summed E-state index contributed by atoms with van der Waals surface area (Å²) in [5.41, 5.74) is -0.932. The van der Waals surface area contributed by atoms with Crippen LogP contribution in [-0.4, -0.2) is 46.5 Å². The van der Waals surface area contributed by atoms with Crippen LogP contribution in [0.5, 0.6) is 0 Å². The summed E-state index contributed by atoms with van der Waals surface area (Å²) in [6.07, 6.45) is 2.57. The summed E-state index contributed by atoms with van der Waals surface area (Å²) in [6, 6.07) is -0.398. The Morgan fingerprint density at radius 3 is 2.45 bits per heavy atom. The highest BCUT2D eigenvalue weighted by Gasteiger charge is 2.47. The zero-order valence-electron chi connectivity index (χ0n) is 13.2. The first-order valence-corrected chi connectivity index (χ1v) is 7.47. The third kappa shape index (κ3) is 2.68. The van der Waals surface area contributed by atoms with Gasteiger partial charge in [0.1, 0.15) is 11.6 Å². The molecule has 2 heterocycles. The maximum Gasteiger partial charge on any atom is 0.246 e. The summed E-state index contributed by atoms with van der Waals surface area (Å²) < 4.78 is 5.97. The van der Waals surface area contributed by atoms with E-state index >= 15 is 0 Å². The molecule has 114 valence electrons. The zero-order chi connectivity index (χ0) is 15.1. The van der Waals surface area contributed by atoms with E-state index in [2.05, 4.69) is 19.2 Å². The molecule has 0 aromatic carbocycles. The molecule has 5 nitrogen and oxygen atoms in total. The van der Waals surface area contributed by atoms with E-state index in [1.807, 2.05) is 6.92 Å². The van der Waals surface area contributed by atoms with Crippen LogP contribution in [0, 0.1) is 0 Å². The van der Waals surface area contributed by atoms with Gasteiger partial charge in [-0.25, -0.2) is 0 Å². The fourth-order valence-corrected chi connectivity index (χ4v) is 2.99. The Hall–Kier alpha value is -1.10. The third-order valence-corrected chi connectivity index (χ3v) is 4.45. The highest BCUT2D eigenvalue weighted by Crippen LogP contribution is 2.32. The Balaban J connectivity index is 2.14. The summed E-state index contributed by atoms with van der Waals surface area (Å²) in [6.45, 7) is 10.1. The number of hydrogen-bond donors (Lipinski definition) is 1. The molecule has 1 N–H and O–H groups in total. The van der Waals surface area contributed by atoms with Crippen molar-refractivity contribution in [2.75, 3.05) is 6.54 Å². The quantitative estimate of drug-likeness (QED) is 0.852. The normalized spacial score (nSPS) is 32.4.